The molecular weight excluding hydrogens is 314 g/mol. The number of carbonyl (C=O) groups is 2. The molecule has 5 nitrogen and oxygen atoms in total. The van der Waals surface area contributed by atoms with Crippen LogP contribution in [0.2, 0.25) is 0 Å². The molecule has 2 amide bonds. The van der Waals surface area contributed by atoms with Gasteiger partial charge in [0.2, 0.25) is 5.91 Å². The fraction of sp³-hybridized carbons (Fsp3) is 0.100. The Morgan fingerprint density at radius 2 is 1.48 bits per heavy atom. The summed E-state index contributed by atoms with van der Waals surface area (Å²) in [5.74, 6) is -0.549. The molecule has 0 aliphatic carbocycles. The lowest BCUT2D eigenvalue weighted by molar-refractivity contribution is -0.117. The van der Waals surface area contributed by atoms with E-state index in [1.807, 2.05) is 48.8 Å². The quantitative estimate of drug-likeness (QED) is 0.728. The Balaban J connectivity index is 1.61. The molecule has 5 heteroatoms. The van der Waals surface area contributed by atoms with Crippen molar-refractivity contribution in [1.29, 1.82) is 0 Å². The largest absolute Gasteiger partial charge is 0.369 e. The first-order valence-corrected chi connectivity index (χ1v) is 7.98. The number of carbonyl (C=O) groups excluding carboxylic acids is 2. The smallest absolute Gasteiger partial charge is 0.255 e. The molecule has 0 bridgehead atoms. The molecule has 126 valence electrons. The summed E-state index contributed by atoms with van der Waals surface area (Å²) in [6, 6.07) is 18.6. The fourth-order valence-corrected chi connectivity index (χ4v) is 2.56. The average Bonchev–Trinajstić information content (AvgIpc) is 3.10. The van der Waals surface area contributed by atoms with E-state index in [0.29, 0.717) is 11.3 Å². The summed E-state index contributed by atoms with van der Waals surface area (Å²) in [6.07, 6.45) is 4.20. The second-order valence-electron chi connectivity index (χ2n) is 5.85. The van der Waals surface area contributed by atoms with Gasteiger partial charge in [-0.15, -0.1) is 0 Å². The summed E-state index contributed by atoms with van der Waals surface area (Å²) in [4.78, 5) is 23.2. The summed E-state index contributed by atoms with van der Waals surface area (Å²) in [5.41, 5.74) is 8.38. The van der Waals surface area contributed by atoms with Gasteiger partial charge >= 0.3 is 0 Å². The van der Waals surface area contributed by atoms with E-state index in [1.165, 1.54) is 0 Å². The van der Waals surface area contributed by atoms with Gasteiger partial charge in [-0.3, -0.25) is 9.59 Å². The lowest BCUT2D eigenvalue weighted by Gasteiger charge is -2.08. The van der Waals surface area contributed by atoms with Crippen LogP contribution in [-0.2, 0) is 17.8 Å². The zero-order valence-electron chi connectivity index (χ0n) is 13.7. The third-order valence-electron chi connectivity index (χ3n) is 3.84. The van der Waals surface area contributed by atoms with E-state index in [0.717, 1.165) is 17.7 Å². The van der Waals surface area contributed by atoms with Crippen molar-refractivity contribution in [3.63, 3.8) is 0 Å². The second kappa shape index (κ2) is 7.49. The van der Waals surface area contributed by atoms with Crippen molar-refractivity contribution < 1.29 is 9.59 Å². The van der Waals surface area contributed by atoms with Crippen molar-refractivity contribution in [2.45, 2.75) is 13.0 Å². The third-order valence-corrected chi connectivity index (χ3v) is 3.84. The molecule has 0 spiro atoms. The molecule has 25 heavy (non-hydrogen) atoms. The number of hydrogen-bond donors (Lipinski definition) is 2. The van der Waals surface area contributed by atoms with Gasteiger partial charge in [-0.1, -0.05) is 24.3 Å². The van der Waals surface area contributed by atoms with Gasteiger partial charge in [-0.2, -0.15) is 0 Å². The Morgan fingerprint density at radius 1 is 0.880 bits per heavy atom. The van der Waals surface area contributed by atoms with E-state index in [9.17, 15) is 9.59 Å². The minimum Gasteiger partial charge on any atom is -0.369 e. The summed E-state index contributed by atoms with van der Waals surface area (Å²) in [7, 11) is 0. The third kappa shape index (κ3) is 4.57. The average molecular weight is 333 g/mol. The highest BCUT2D eigenvalue weighted by Crippen LogP contribution is 2.13. The van der Waals surface area contributed by atoms with E-state index < -0.39 is 0 Å². The molecule has 0 fully saturated rings. The highest BCUT2D eigenvalue weighted by Gasteiger charge is 2.07. The number of nitrogens with zero attached hydrogens (tertiary/aromatic N) is 1. The highest BCUT2D eigenvalue weighted by atomic mass is 16.2. The maximum atomic E-state index is 12.3. The normalized spacial score (nSPS) is 10.4. The zero-order valence-corrected chi connectivity index (χ0v) is 13.7. The number of nitrogens with two attached hydrogens (primary N) is 1. The molecule has 3 N–H and O–H groups in total. The number of hydrogen-bond acceptors (Lipinski definition) is 2. The Labute approximate surface area is 146 Å². The second-order valence-corrected chi connectivity index (χ2v) is 5.85. The minimum absolute atomic E-state index is 0.171. The van der Waals surface area contributed by atoms with Gasteiger partial charge in [0.1, 0.15) is 0 Å². The maximum absolute atomic E-state index is 12.3. The number of benzene rings is 2. The van der Waals surface area contributed by atoms with Crippen molar-refractivity contribution in [1.82, 2.24) is 4.57 Å². The van der Waals surface area contributed by atoms with Crippen molar-refractivity contribution in [3.05, 3.63) is 89.7 Å². The molecule has 0 saturated carbocycles. The van der Waals surface area contributed by atoms with Crippen LogP contribution in [0.1, 0.15) is 21.5 Å². The van der Waals surface area contributed by atoms with Gasteiger partial charge in [0, 0.05) is 30.2 Å². The topological polar surface area (TPSA) is 77.1 Å². The van der Waals surface area contributed by atoms with E-state index >= 15 is 0 Å². The Morgan fingerprint density at radius 3 is 2.08 bits per heavy atom. The summed E-state index contributed by atoms with van der Waals surface area (Å²) in [5, 5.41) is 2.84. The highest BCUT2D eigenvalue weighted by molar-refractivity contribution is 6.04. The number of anilines is 1. The van der Waals surface area contributed by atoms with Crippen molar-refractivity contribution >= 4 is 17.5 Å². The standard InChI is InChI=1S/C20H19N3O2/c21-19(24)13-15-5-9-18(10-6-15)22-20(25)17-7-3-16(4-8-17)14-23-11-1-2-12-23/h1-12H,13-14H2,(H2,21,24)(H,22,25). The first-order valence-electron chi connectivity index (χ1n) is 7.98. The van der Waals surface area contributed by atoms with E-state index in [4.69, 9.17) is 5.73 Å². The van der Waals surface area contributed by atoms with Crippen LogP contribution in [-0.4, -0.2) is 16.4 Å². The molecule has 0 aliphatic rings. The first-order chi connectivity index (χ1) is 12.1. The molecule has 1 heterocycles. The molecule has 0 radical (unpaired) electrons. The molecule has 1 aromatic heterocycles. The number of nitrogens with one attached hydrogen (secondary N) is 1. The molecule has 3 rings (SSSR count). The zero-order chi connectivity index (χ0) is 17.6. The molecule has 3 aromatic rings. The SMILES string of the molecule is NC(=O)Cc1ccc(NC(=O)c2ccc(Cn3cccc3)cc2)cc1. The van der Waals surface area contributed by atoms with E-state index in [2.05, 4.69) is 9.88 Å². The lowest BCUT2D eigenvalue weighted by atomic mass is 10.1. The van der Waals surface area contributed by atoms with Gasteiger partial charge in [-0.05, 0) is 47.5 Å². The first kappa shape index (κ1) is 16.5. The number of amides is 2. The van der Waals surface area contributed by atoms with Crippen LogP contribution < -0.4 is 11.1 Å². The number of rotatable bonds is 6. The van der Waals surface area contributed by atoms with Crippen molar-refractivity contribution in [2.24, 2.45) is 5.73 Å². The molecule has 2 aromatic carbocycles. The van der Waals surface area contributed by atoms with Crippen LogP contribution in [0.5, 0.6) is 0 Å². The predicted octanol–water partition coefficient (Wildman–Crippen LogP) is 2.82. The van der Waals surface area contributed by atoms with Crippen molar-refractivity contribution in [2.75, 3.05) is 5.32 Å². The Bertz CT molecular complexity index is 851. The van der Waals surface area contributed by atoms with Gasteiger partial charge in [0.05, 0.1) is 6.42 Å². The monoisotopic (exact) mass is 333 g/mol. The summed E-state index contributed by atoms with van der Waals surface area (Å²) in [6.45, 7) is 0.774. The molecule has 0 unspecified atom stereocenters. The van der Waals surface area contributed by atoms with Crippen LogP contribution in [0.3, 0.4) is 0 Å². The lowest BCUT2D eigenvalue weighted by Crippen LogP contribution is -2.14. The maximum Gasteiger partial charge on any atom is 0.255 e. The van der Waals surface area contributed by atoms with Gasteiger partial charge < -0.3 is 15.6 Å². The fourth-order valence-electron chi connectivity index (χ4n) is 2.56. The van der Waals surface area contributed by atoms with Crippen LogP contribution in [0.15, 0.2) is 73.1 Å². The van der Waals surface area contributed by atoms with E-state index in [1.54, 1.807) is 24.3 Å². The van der Waals surface area contributed by atoms with Crippen molar-refractivity contribution in [3.8, 4) is 0 Å². The van der Waals surface area contributed by atoms with Gasteiger partial charge in [0.25, 0.3) is 5.91 Å². The van der Waals surface area contributed by atoms with Gasteiger partial charge in [0.15, 0.2) is 0 Å². The van der Waals surface area contributed by atoms with Crippen LogP contribution in [0.25, 0.3) is 0 Å². The van der Waals surface area contributed by atoms with Crippen LogP contribution in [0, 0.1) is 0 Å². The number of aromatic nitrogens is 1. The van der Waals surface area contributed by atoms with Crippen LogP contribution >= 0.6 is 0 Å². The van der Waals surface area contributed by atoms with Gasteiger partial charge in [-0.25, -0.2) is 0 Å². The molecular formula is C20H19N3O2. The van der Waals surface area contributed by atoms with E-state index in [-0.39, 0.29) is 18.2 Å². The number of primary amides is 1. The molecule has 0 saturated heterocycles. The predicted molar refractivity (Wildman–Crippen MR) is 97.3 cm³/mol. The Kier molecular flexibility index (Phi) is 4.95. The molecule has 0 aliphatic heterocycles. The van der Waals surface area contributed by atoms with Crippen LogP contribution in [0.4, 0.5) is 5.69 Å². The summed E-state index contributed by atoms with van der Waals surface area (Å²) < 4.78 is 2.07. The molecule has 0 atom stereocenters. The summed E-state index contributed by atoms with van der Waals surface area (Å²) >= 11 is 0. The minimum atomic E-state index is -0.378. The Hall–Kier alpha value is -3.34.